The number of piperazine rings is 1. The number of carbonyl (C=O) groups excluding carboxylic acids is 2. The van der Waals surface area contributed by atoms with Gasteiger partial charge in [0.25, 0.3) is 5.91 Å². The molecule has 28 heavy (non-hydrogen) atoms. The van der Waals surface area contributed by atoms with Gasteiger partial charge >= 0.3 is 0 Å². The van der Waals surface area contributed by atoms with Crippen molar-refractivity contribution >= 4 is 23.3 Å². The van der Waals surface area contributed by atoms with E-state index in [4.69, 9.17) is 0 Å². The van der Waals surface area contributed by atoms with Gasteiger partial charge in [0, 0.05) is 50.9 Å². The molecule has 1 saturated heterocycles. The van der Waals surface area contributed by atoms with Gasteiger partial charge in [-0.25, -0.2) is 4.98 Å². The zero-order valence-corrected chi connectivity index (χ0v) is 15.9. The second-order valence-electron chi connectivity index (χ2n) is 7.76. The molecular formula is C22H24N4O2. The predicted octanol–water partition coefficient (Wildman–Crippen LogP) is 2.27. The Balaban J connectivity index is 1.35. The molecule has 5 rings (SSSR count). The lowest BCUT2D eigenvalue weighted by molar-refractivity contribution is -0.119. The Kier molecular flexibility index (Phi) is 4.26. The van der Waals surface area contributed by atoms with E-state index in [1.165, 1.54) is 0 Å². The molecule has 0 radical (unpaired) electrons. The van der Waals surface area contributed by atoms with E-state index in [1.807, 2.05) is 40.1 Å². The van der Waals surface area contributed by atoms with E-state index < -0.39 is 0 Å². The highest BCUT2D eigenvalue weighted by Crippen LogP contribution is 2.36. The molecular weight excluding hydrogens is 352 g/mol. The summed E-state index contributed by atoms with van der Waals surface area (Å²) in [5.41, 5.74) is 4.18. The molecule has 3 aliphatic heterocycles. The number of amides is 2. The third-order valence-corrected chi connectivity index (χ3v) is 6.06. The van der Waals surface area contributed by atoms with E-state index in [2.05, 4.69) is 9.88 Å². The van der Waals surface area contributed by atoms with Crippen LogP contribution in [-0.4, -0.2) is 54.4 Å². The van der Waals surface area contributed by atoms with Crippen LogP contribution in [0.1, 0.15) is 34.3 Å². The monoisotopic (exact) mass is 376 g/mol. The first kappa shape index (κ1) is 17.2. The lowest BCUT2D eigenvalue weighted by Gasteiger charge is -2.37. The summed E-state index contributed by atoms with van der Waals surface area (Å²) in [7, 11) is 0. The number of aryl methyl sites for hydroxylation is 2. The minimum Gasteiger partial charge on any atom is -0.353 e. The van der Waals surface area contributed by atoms with Crippen LogP contribution in [0.25, 0.3) is 0 Å². The number of hydrogen-bond donors (Lipinski definition) is 0. The van der Waals surface area contributed by atoms with Crippen molar-refractivity contribution in [2.75, 3.05) is 42.5 Å². The standard InChI is InChI=1S/C22H24N4O2/c27-20-7-6-17-15-18(14-16-4-3-9-26(20)21(16)17)22(28)25-12-10-24(11-13-25)19-5-1-2-8-23-19/h1-2,5,8,14-15H,3-4,6-7,9-13H2. The first-order chi connectivity index (χ1) is 13.7. The summed E-state index contributed by atoms with van der Waals surface area (Å²) in [5.74, 6) is 1.30. The number of benzene rings is 1. The molecule has 0 spiro atoms. The maximum absolute atomic E-state index is 13.2. The molecule has 4 heterocycles. The summed E-state index contributed by atoms with van der Waals surface area (Å²) in [4.78, 5) is 35.9. The van der Waals surface area contributed by atoms with Crippen molar-refractivity contribution in [3.8, 4) is 0 Å². The molecule has 0 N–H and O–H groups in total. The van der Waals surface area contributed by atoms with Gasteiger partial charge in [0.2, 0.25) is 5.91 Å². The van der Waals surface area contributed by atoms with Crippen LogP contribution in [0.2, 0.25) is 0 Å². The van der Waals surface area contributed by atoms with Crippen molar-refractivity contribution in [1.29, 1.82) is 0 Å². The highest BCUT2D eigenvalue weighted by molar-refractivity contribution is 6.00. The summed E-state index contributed by atoms with van der Waals surface area (Å²) >= 11 is 0. The first-order valence-electron chi connectivity index (χ1n) is 10.1. The fourth-order valence-corrected chi connectivity index (χ4v) is 4.64. The van der Waals surface area contributed by atoms with Gasteiger partial charge in [-0.2, -0.15) is 0 Å². The van der Waals surface area contributed by atoms with Gasteiger partial charge in [-0.3, -0.25) is 9.59 Å². The average molecular weight is 376 g/mol. The van der Waals surface area contributed by atoms with E-state index in [1.54, 1.807) is 6.20 Å². The maximum atomic E-state index is 13.2. The minimum atomic E-state index is 0.105. The molecule has 0 bridgehead atoms. The fourth-order valence-electron chi connectivity index (χ4n) is 4.64. The molecule has 2 aromatic rings. The minimum absolute atomic E-state index is 0.105. The molecule has 1 fully saturated rings. The molecule has 0 atom stereocenters. The number of hydrogen-bond acceptors (Lipinski definition) is 4. The third-order valence-electron chi connectivity index (χ3n) is 6.06. The number of pyridine rings is 1. The molecule has 6 heteroatoms. The van der Waals surface area contributed by atoms with Crippen molar-refractivity contribution in [2.45, 2.75) is 25.7 Å². The molecule has 0 unspecified atom stereocenters. The Morgan fingerprint density at radius 2 is 1.71 bits per heavy atom. The summed E-state index contributed by atoms with van der Waals surface area (Å²) in [6.45, 7) is 3.80. The molecule has 144 valence electrons. The van der Waals surface area contributed by atoms with Gasteiger partial charge in [0.05, 0.1) is 5.69 Å². The molecule has 0 aliphatic carbocycles. The van der Waals surface area contributed by atoms with Gasteiger partial charge in [0.15, 0.2) is 0 Å². The van der Waals surface area contributed by atoms with Crippen LogP contribution in [-0.2, 0) is 17.6 Å². The van der Waals surface area contributed by atoms with Gasteiger partial charge in [-0.05, 0) is 54.7 Å². The topological polar surface area (TPSA) is 56.8 Å². The Hall–Kier alpha value is -2.89. The highest BCUT2D eigenvalue weighted by Gasteiger charge is 2.31. The lowest BCUT2D eigenvalue weighted by atomic mass is 9.89. The number of rotatable bonds is 2. The number of aromatic nitrogens is 1. The number of carbonyl (C=O) groups is 2. The van der Waals surface area contributed by atoms with Gasteiger partial charge in [-0.15, -0.1) is 0 Å². The van der Waals surface area contributed by atoms with Gasteiger partial charge < -0.3 is 14.7 Å². The van der Waals surface area contributed by atoms with Crippen molar-refractivity contribution < 1.29 is 9.59 Å². The molecule has 0 saturated carbocycles. The zero-order chi connectivity index (χ0) is 19.1. The average Bonchev–Trinajstić information content (AvgIpc) is 2.76. The summed E-state index contributed by atoms with van der Waals surface area (Å²) in [6, 6.07) is 9.97. The summed E-state index contributed by atoms with van der Waals surface area (Å²) in [5, 5.41) is 0. The van der Waals surface area contributed by atoms with Crippen LogP contribution in [0.4, 0.5) is 11.5 Å². The van der Waals surface area contributed by atoms with Crippen molar-refractivity contribution in [2.24, 2.45) is 0 Å². The third kappa shape index (κ3) is 2.93. The summed E-state index contributed by atoms with van der Waals surface area (Å²) < 4.78 is 0. The van der Waals surface area contributed by atoms with Crippen LogP contribution in [0.5, 0.6) is 0 Å². The van der Waals surface area contributed by atoms with Crippen LogP contribution >= 0.6 is 0 Å². The second kappa shape index (κ2) is 6.93. The Morgan fingerprint density at radius 3 is 2.46 bits per heavy atom. The Labute approximate surface area is 164 Å². The van der Waals surface area contributed by atoms with Crippen molar-refractivity contribution in [3.05, 3.63) is 53.2 Å². The molecule has 2 amide bonds. The number of anilines is 2. The Bertz CT molecular complexity index is 902. The molecule has 6 nitrogen and oxygen atoms in total. The lowest BCUT2D eigenvalue weighted by Crippen LogP contribution is -2.49. The smallest absolute Gasteiger partial charge is 0.253 e. The van der Waals surface area contributed by atoms with Crippen molar-refractivity contribution in [3.63, 3.8) is 0 Å². The quantitative estimate of drug-likeness (QED) is 0.807. The molecule has 3 aliphatic rings. The van der Waals surface area contributed by atoms with Gasteiger partial charge in [-0.1, -0.05) is 6.07 Å². The largest absolute Gasteiger partial charge is 0.353 e. The summed E-state index contributed by atoms with van der Waals surface area (Å²) in [6.07, 6.45) is 5.01. The van der Waals surface area contributed by atoms with E-state index in [9.17, 15) is 9.59 Å². The van der Waals surface area contributed by atoms with Crippen molar-refractivity contribution in [1.82, 2.24) is 9.88 Å². The first-order valence-corrected chi connectivity index (χ1v) is 10.1. The SMILES string of the molecule is O=C(c1cc2c3c(c1)CCC(=O)N3CCC2)N1CCN(c2ccccn2)CC1. The second-order valence-corrected chi connectivity index (χ2v) is 7.76. The Morgan fingerprint density at radius 1 is 0.929 bits per heavy atom. The normalized spacial score (nSPS) is 18.9. The predicted molar refractivity (Wildman–Crippen MR) is 108 cm³/mol. The van der Waals surface area contributed by atoms with Gasteiger partial charge in [0.1, 0.15) is 5.82 Å². The molecule has 1 aromatic heterocycles. The van der Waals surface area contributed by atoms with Crippen LogP contribution in [0, 0.1) is 0 Å². The van der Waals surface area contributed by atoms with Crippen LogP contribution in [0.15, 0.2) is 36.5 Å². The van der Waals surface area contributed by atoms with Crippen LogP contribution in [0.3, 0.4) is 0 Å². The maximum Gasteiger partial charge on any atom is 0.253 e. The zero-order valence-electron chi connectivity index (χ0n) is 15.9. The highest BCUT2D eigenvalue weighted by atomic mass is 16.2. The fraction of sp³-hybridized carbons (Fsp3) is 0.409. The van der Waals surface area contributed by atoms with E-state index in [0.29, 0.717) is 19.5 Å². The van der Waals surface area contributed by atoms with E-state index >= 15 is 0 Å². The van der Waals surface area contributed by atoms with Crippen LogP contribution < -0.4 is 9.80 Å². The number of nitrogens with zero attached hydrogens (tertiary/aromatic N) is 4. The van der Waals surface area contributed by atoms with E-state index in [-0.39, 0.29) is 11.8 Å². The molecule has 1 aromatic carbocycles. The van der Waals surface area contributed by atoms with E-state index in [0.717, 1.165) is 67.1 Å².